The quantitative estimate of drug-likeness (QED) is 0.669. The molecule has 0 saturated heterocycles. The number of nitro benzene ring substituents is 1. The van der Waals surface area contributed by atoms with Crippen molar-refractivity contribution in [2.24, 2.45) is 0 Å². The van der Waals surface area contributed by atoms with Crippen molar-refractivity contribution >= 4 is 28.7 Å². The first-order valence-electron chi connectivity index (χ1n) is 6.96. The van der Waals surface area contributed by atoms with E-state index in [1.54, 1.807) is 31.3 Å². The van der Waals surface area contributed by atoms with E-state index in [2.05, 4.69) is 5.32 Å². The molecule has 1 amide bonds. The molecule has 0 heterocycles. The van der Waals surface area contributed by atoms with Crippen LogP contribution < -0.4 is 15.0 Å². The van der Waals surface area contributed by atoms with Gasteiger partial charge >= 0.3 is 5.69 Å². The molecule has 0 bridgehead atoms. The fourth-order valence-electron chi connectivity index (χ4n) is 2.10. The first kappa shape index (κ1) is 17.2. The molecule has 0 spiro atoms. The van der Waals surface area contributed by atoms with Crippen LogP contribution in [0.4, 0.5) is 27.1 Å². The average Bonchev–Trinajstić information content (AvgIpc) is 2.53. The van der Waals surface area contributed by atoms with Crippen LogP contribution in [0.15, 0.2) is 36.4 Å². The Kier molecular flexibility index (Phi) is 4.98. The van der Waals surface area contributed by atoms with Crippen molar-refractivity contribution in [2.75, 3.05) is 24.4 Å². The zero-order chi connectivity index (χ0) is 17.9. The third-order valence-corrected chi connectivity index (χ3v) is 3.44. The molecule has 0 fully saturated rings. The Labute approximate surface area is 137 Å². The van der Waals surface area contributed by atoms with Crippen molar-refractivity contribution in [3.05, 3.63) is 52.3 Å². The zero-order valence-corrected chi connectivity index (χ0v) is 13.4. The number of nitro groups is 1. The maximum Gasteiger partial charge on any atom is 0.328 e. The second kappa shape index (κ2) is 6.95. The van der Waals surface area contributed by atoms with Gasteiger partial charge in [0.05, 0.1) is 12.0 Å². The smallest absolute Gasteiger partial charge is 0.328 e. The number of hydrogen-bond acceptors (Lipinski definition) is 5. The van der Waals surface area contributed by atoms with Gasteiger partial charge in [-0.05, 0) is 18.2 Å². The molecule has 8 heteroatoms. The number of halogens is 1. The van der Waals surface area contributed by atoms with Crippen LogP contribution in [0, 0.1) is 15.9 Å². The van der Waals surface area contributed by atoms with Gasteiger partial charge in [-0.1, -0.05) is 6.07 Å². The molecule has 0 saturated carbocycles. The van der Waals surface area contributed by atoms with Gasteiger partial charge in [-0.15, -0.1) is 0 Å². The van der Waals surface area contributed by atoms with Crippen molar-refractivity contribution in [2.45, 2.75) is 6.92 Å². The first-order chi connectivity index (χ1) is 11.3. The van der Waals surface area contributed by atoms with Gasteiger partial charge in [-0.3, -0.25) is 14.9 Å². The minimum absolute atomic E-state index is 0.0421. The number of carbonyl (C=O) groups excluding carboxylic acids is 1. The molecule has 0 aromatic heterocycles. The van der Waals surface area contributed by atoms with Gasteiger partial charge in [0.1, 0.15) is 11.4 Å². The van der Waals surface area contributed by atoms with Crippen LogP contribution in [0.1, 0.15) is 6.92 Å². The standard InChI is InChI=1S/C16H16FN3O4/c1-10(21)19(2)12-6-4-5-11(7-12)18-15-9-13(24-3)8-14(17)16(15)20(22)23/h4-9,18H,1-3H3. The minimum atomic E-state index is -1.00. The summed E-state index contributed by atoms with van der Waals surface area (Å²) in [6, 6.07) is 8.96. The van der Waals surface area contributed by atoms with E-state index in [4.69, 9.17) is 4.74 Å². The number of ether oxygens (including phenoxy) is 1. The summed E-state index contributed by atoms with van der Waals surface area (Å²) in [4.78, 5) is 23.2. The molecule has 24 heavy (non-hydrogen) atoms. The third-order valence-electron chi connectivity index (χ3n) is 3.44. The molecule has 1 N–H and O–H groups in total. The van der Waals surface area contributed by atoms with Gasteiger partial charge in [-0.25, -0.2) is 0 Å². The molecular weight excluding hydrogens is 317 g/mol. The molecular formula is C16H16FN3O4. The molecule has 7 nitrogen and oxygen atoms in total. The molecule has 0 aliphatic heterocycles. The fraction of sp³-hybridized carbons (Fsp3) is 0.188. The largest absolute Gasteiger partial charge is 0.497 e. The number of methoxy groups -OCH3 is 1. The van der Waals surface area contributed by atoms with Crippen LogP contribution in [0.5, 0.6) is 5.75 Å². The van der Waals surface area contributed by atoms with Crippen LogP contribution in [0.25, 0.3) is 0 Å². The summed E-state index contributed by atoms with van der Waals surface area (Å²) < 4.78 is 18.9. The number of carbonyl (C=O) groups is 1. The number of nitrogens with zero attached hydrogens (tertiary/aromatic N) is 2. The predicted molar refractivity (Wildman–Crippen MR) is 88.4 cm³/mol. The summed E-state index contributed by atoms with van der Waals surface area (Å²) in [5.41, 5.74) is 0.343. The molecule has 2 aromatic rings. The molecule has 0 unspecified atom stereocenters. The third kappa shape index (κ3) is 3.60. The van der Waals surface area contributed by atoms with Gasteiger partial charge < -0.3 is 15.0 Å². The van der Waals surface area contributed by atoms with Crippen molar-refractivity contribution < 1.29 is 18.8 Å². The zero-order valence-electron chi connectivity index (χ0n) is 13.4. The van der Waals surface area contributed by atoms with Gasteiger partial charge in [0.2, 0.25) is 11.7 Å². The van der Waals surface area contributed by atoms with Crippen LogP contribution in [-0.4, -0.2) is 25.0 Å². The van der Waals surface area contributed by atoms with Gasteiger partial charge in [0.15, 0.2) is 0 Å². The lowest BCUT2D eigenvalue weighted by atomic mass is 10.2. The Hall–Kier alpha value is -3.16. The lowest BCUT2D eigenvalue weighted by molar-refractivity contribution is -0.386. The van der Waals surface area contributed by atoms with E-state index in [0.717, 1.165) is 6.07 Å². The summed E-state index contributed by atoms with van der Waals surface area (Å²) in [7, 11) is 2.95. The van der Waals surface area contributed by atoms with E-state index in [1.807, 2.05) is 0 Å². The summed E-state index contributed by atoms with van der Waals surface area (Å²) >= 11 is 0. The molecule has 2 aromatic carbocycles. The van der Waals surface area contributed by atoms with E-state index >= 15 is 0 Å². The Morgan fingerprint density at radius 1 is 1.33 bits per heavy atom. The highest BCUT2D eigenvalue weighted by Gasteiger charge is 2.22. The molecule has 0 aliphatic rings. The molecule has 0 radical (unpaired) electrons. The molecule has 0 aliphatic carbocycles. The average molecular weight is 333 g/mol. The molecule has 126 valence electrons. The van der Waals surface area contributed by atoms with Gasteiger partial charge in [0, 0.05) is 37.5 Å². The van der Waals surface area contributed by atoms with Crippen LogP contribution in [0.3, 0.4) is 0 Å². The molecule has 0 atom stereocenters. The minimum Gasteiger partial charge on any atom is -0.497 e. The number of anilines is 3. The number of benzene rings is 2. The van der Waals surface area contributed by atoms with Crippen LogP contribution >= 0.6 is 0 Å². The summed E-state index contributed by atoms with van der Waals surface area (Å²) in [6.07, 6.45) is 0. The van der Waals surface area contributed by atoms with E-state index in [-0.39, 0.29) is 17.3 Å². The summed E-state index contributed by atoms with van der Waals surface area (Å²) in [6.45, 7) is 1.42. The highest BCUT2D eigenvalue weighted by molar-refractivity contribution is 5.91. The summed E-state index contributed by atoms with van der Waals surface area (Å²) in [5, 5.41) is 13.9. The van der Waals surface area contributed by atoms with Crippen LogP contribution in [0.2, 0.25) is 0 Å². The number of amides is 1. The maximum atomic E-state index is 13.9. The topological polar surface area (TPSA) is 84.7 Å². The molecule has 2 rings (SSSR count). The monoisotopic (exact) mass is 333 g/mol. The Morgan fingerprint density at radius 3 is 2.62 bits per heavy atom. The second-order valence-electron chi connectivity index (χ2n) is 5.02. The summed E-state index contributed by atoms with van der Waals surface area (Å²) in [5.74, 6) is -1.01. The Morgan fingerprint density at radius 2 is 2.04 bits per heavy atom. The highest BCUT2D eigenvalue weighted by atomic mass is 19.1. The SMILES string of the molecule is COc1cc(F)c([N+](=O)[O-])c(Nc2cccc(N(C)C(C)=O)c2)c1. The highest BCUT2D eigenvalue weighted by Crippen LogP contribution is 2.35. The Bertz CT molecular complexity index is 795. The van der Waals surface area contributed by atoms with Crippen LogP contribution in [-0.2, 0) is 4.79 Å². The van der Waals surface area contributed by atoms with Crippen molar-refractivity contribution in [1.82, 2.24) is 0 Å². The second-order valence-corrected chi connectivity index (χ2v) is 5.02. The Balaban J connectivity index is 2.44. The van der Waals surface area contributed by atoms with Crippen molar-refractivity contribution in [1.29, 1.82) is 0 Å². The number of hydrogen-bond donors (Lipinski definition) is 1. The lowest BCUT2D eigenvalue weighted by Gasteiger charge is -2.16. The van der Waals surface area contributed by atoms with Crippen molar-refractivity contribution in [3.63, 3.8) is 0 Å². The van der Waals surface area contributed by atoms with E-state index in [0.29, 0.717) is 11.4 Å². The predicted octanol–water partition coefficient (Wildman–Crippen LogP) is 3.47. The van der Waals surface area contributed by atoms with E-state index in [1.165, 1.54) is 25.0 Å². The number of nitrogens with one attached hydrogen (secondary N) is 1. The van der Waals surface area contributed by atoms with E-state index in [9.17, 15) is 19.3 Å². The van der Waals surface area contributed by atoms with Gasteiger partial charge in [-0.2, -0.15) is 4.39 Å². The number of rotatable bonds is 5. The van der Waals surface area contributed by atoms with Gasteiger partial charge in [0.25, 0.3) is 0 Å². The van der Waals surface area contributed by atoms with E-state index < -0.39 is 16.4 Å². The normalized spacial score (nSPS) is 10.2. The maximum absolute atomic E-state index is 13.9. The van der Waals surface area contributed by atoms with Crippen molar-refractivity contribution in [3.8, 4) is 5.75 Å². The fourth-order valence-corrected chi connectivity index (χ4v) is 2.10. The first-order valence-corrected chi connectivity index (χ1v) is 6.96. The lowest BCUT2D eigenvalue weighted by Crippen LogP contribution is -2.22.